The van der Waals surface area contributed by atoms with Crippen LogP contribution in [0.4, 0.5) is 5.69 Å². The second kappa shape index (κ2) is 5.22. The predicted molar refractivity (Wildman–Crippen MR) is 95.5 cm³/mol. The van der Waals surface area contributed by atoms with Gasteiger partial charge in [0.15, 0.2) is 5.41 Å². The lowest BCUT2D eigenvalue weighted by atomic mass is 9.69. The Hall–Kier alpha value is -3.05. The van der Waals surface area contributed by atoms with E-state index in [1.54, 1.807) is 13.0 Å². The maximum atomic E-state index is 13.2. The number of carbonyl (C=O) groups is 1. The Morgan fingerprint density at radius 1 is 1.27 bits per heavy atom. The summed E-state index contributed by atoms with van der Waals surface area (Å²) in [6.45, 7) is 3.43. The molecule has 1 aromatic carbocycles. The number of anilines is 1. The SMILES string of the molecule is Cc1cc2c(c(=O)o1)[C@@]1(C(=O)Nc3ccc(C)c(Br)c31)C(C#N)=C(N)O2. The number of carbonyl (C=O) groups excluding carboxylic acids is 1. The molecule has 0 saturated carbocycles. The summed E-state index contributed by atoms with van der Waals surface area (Å²) >= 11 is 3.50. The number of nitrogens with two attached hydrogens (primary N) is 1. The summed E-state index contributed by atoms with van der Waals surface area (Å²) in [6.07, 6.45) is 0. The highest BCUT2D eigenvalue weighted by Gasteiger charge is 2.59. The molecule has 2 aliphatic heterocycles. The van der Waals surface area contributed by atoms with E-state index in [4.69, 9.17) is 14.9 Å². The van der Waals surface area contributed by atoms with Crippen LogP contribution in [0.1, 0.15) is 22.5 Å². The third-order valence-corrected chi connectivity index (χ3v) is 5.69. The van der Waals surface area contributed by atoms with E-state index >= 15 is 0 Å². The number of nitriles is 1. The molecule has 0 aliphatic carbocycles. The summed E-state index contributed by atoms with van der Waals surface area (Å²) in [6, 6.07) is 6.97. The smallest absolute Gasteiger partial charge is 0.344 e. The van der Waals surface area contributed by atoms with Gasteiger partial charge in [0.25, 0.3) is 0 Å². The summed E-state index contributed by atoms with van der Waals surface area (Å²) in [5, 5.41) is 12.5. The molecule has 0 unspecified atom stereocenters. The van der Waals surface area contributed by atoms with Crippen LogP contribution in [-0.2, 0) is 10.2 Å². The van der Waals surface area contributed by atoms with Crippen molar-refractivity contribution < 1.29 is 13.9 Å². The summed E-state index contributed by atoms with van der Waals surface area (Å²) in [5.41, 5.74) is 5.04. The molecule has 1 aromatic heterocycles. The van der Waals surface area contributed by atoms with Crippen molar-refractivity contribution in [3.63, 3.8) is 0 Å². The van der Waals surface area contributed by atoms with Crippen molar-refractivity contribution in [1.82, 2.24) is 0 Å². The molecule has 1 spiro atoms. The standard InChI is InChI=1S/C18H12BrN3O4/c1-7-3-4-10-12(14(7)19)18(17(24)22-10)9(6-20)15(21)26-11-5-8(2)25-16(23)13(11)18/h3-5H,21H2,1-2H3,(H,22,24)/t18-/m1/s1. The third kappa shape index (κ3) is 1.81. The molecule has 2 aromatic rings. The average Bonchev–Trinajstić information content (AvgIpc) is 2.84. The Bertz CT molecular complexity index is 1140. The number of halogens is 1. The van der Waals surface area contributed by atoms with E-state index in [1.165, 1.54) is 6.07 Å². The van der Waals surface area contributed by atoms with Gasteiger partial charge in [-0.25, -0.2) is 4.79 Å². The zero-order valence-electron chi connectivity index (χ0n) is 13.8. The summed E-state index contributed by atoms with van der Waals surface area (Å²) in [4.78, 5) is 25.9. The molecule has 26 heavy (non-hydrogen) atoms. The first-order chi connectivity index (χ1) is 12.3. The number of amides is 1. The number of hydrogen-bond acceptors (Lipinski definition) is 6. The highest BCUT2D eigenvalue weighted by molar-refractivity contribution is 9.10. The first-order valence-electron chi connectivity index (χ1n) is 7.66. The Labute approximate surface area is 156 Å². The van der Waals surface area contributed by atoms with Crippen LogP contribution in [0.25, 0.3) is 0 Å². The number of aryl methyl sites for hydroxylation is 2. The molecule has 1 amide bonds. The van der Waals surface area contributed by atoms with Crippen molar-refractivity contribution in [2.24, 2.45) is 5.73 Å². The second-order valence-corrected chi connectivity index (χ2v) is 6.95. The molecule has 1 atom stereocenters. The number of ether oxygens (including phenoxy) is 1. The van der Waals surface area contributed by atoms with E-state index in [-0.39, 0.29) is 22.8 Å². The minimum atomic E-state index is -1.74. The van der Waals surface area contributed by atoms with Gasteiger partial charge in [0.05, 0.1) is 0 Å². The van der Waals surface area contributed by atoms with Gasteiger partial charge in [-0.15, -0.1) is 0 Å². The topological polar surface area (TPSA) is 118 Å². The number of nitrogens with zero attached hydrogens (tertiary/aromatic N) is 1. The molecule has 2 aliphatic rings. The first-order valence-corrected chi connectivity index (χ1v) is 8.46. The van der Waals surface area contributed by atoms with Gasteiger partial charge in [0.2, 0.25) is 11.8 Å². The van der Waals surface area contributed by atoms with E-state index in [9.17, 15) is 14.9 Å². The predicted octanol–water partition coefficient (Wildman–Crippen LogP) is 2.34. The van der Waals surface area contributed by atoms with Crippen molar-refractivity contribution >= 4 is 27.5 Å². The van der Waals surface area contributed by atoms with Crippen LogP contribution in [0.2, 0.25) is 0 Å². The molecule has 0 radical (unpaired) electrons. The van der Waals surface area contributed by atoms with Gasteiger partial charge in [-0.3, -0.25) is 4.79 Å². The zero-order valence-corrected chi connectivity index (χ0v) is 15.4. The fraction of sp³-hybridized carbons (Fsp3) is 0.167. The Kier molecular flexibility index (Phi) is 3.30. The van der Waals surface area contributed by atoms with Crippen molar-refractivity contribution in [2.45, 2.75) is 19.3 Å². The average molecular weight is 414 g/mol. The molecule has 0 saturated heterocycles. The highest BCUT2D eigenvalue weighted by Crippen LogP contribution is 2.54. The lowest BCUT2D eigenvalue weighted by Crippen LogP contribution is -2.46. The summed E-state index contributed by atoms with van der Waals surface area (Å²) in [5.74, 6) is -0.369. The van der Waals surface area contributed by atoms with E-state index < -0.39 is 16.9 Å². The maximum Gasteiger partial charge on any atom is 0.344 e. The van der Waals surface area contributed by atoms with Crippen LogP contribution in [0, 0.1) is 25.2 Å². The van der Waals surface area contributed by atoms with Crippen molar-refractivity contribution in [1.29, 1.82) is 5.26 Å². The fourth-order valence-electron chi connectivity index (χ4n) is 3.58. The lowest BCUT2D eigenvalue weighted by molar-refractivity contribution is -0.118. The van der Waals surface area contributed by atoms with E-state index in [0.29, 0.717) is 21.5 Å². The zero-order chi connectivity index (χ0) is 18.8. The largest absolute Gasteiger partial charge is 0.440 e. The number of rotatable bonds is 0. The number of benzene rings is 1. The molecule has 4 rings (SSSR count). The molecule has 3 heterocycles. The molecular formula is C18H12BrN3O4. The number of nitrogens with one attached hydrogen (secondary N) is 1. The van der Waals surface area contributed by atoms with Gasteiger partial charge in [-0.2, -0.15) is 5.26 Å². The molecule has 7 nitrogen and oxygen atoms in total. The van der Waals surface area contributed by atoms with E-state index in [2.05, 4.69) is 21.2 Å². The molecule has 0 fully saturated rings. The van der Waals surface area contributed by atoms with Gasteiger partial charge in [0, 0.05) is 21.8 Å². The molecule has 8 heteroatoms. The van der Waals surface area contributed by atoms with Crippen molar-refractivity contribution in [3.05, 3.63) is 67.0 Å². The van der Waals surface area contributed by atoms with Crippen LogP contribution in [0.5, 0.6) is 5.75 Å². The van der Waals surface area contributed by atoms with Crippen LogP contribution in [-0.4, -0.2) is 5.91 Å². The van der Waals surface area contributed by atoms with Crippen LogP contribution >= 0.6 is 15.9 Å². The normalized spacial score (nSPS) is 20.3. The van der Waals surface area contributed by atoms with Gasteiger partial charge in [0.1, 0.15) is 28.7 Å². The third-order valence-electron chi connectivity index (χ3n) is 4.67. The minimum Gasteiger partial charge on any atom is -0.440 e. The molecule has 0 bridgehead atoms. The van der Waals surface area contributed by atoms with Crippen LogP contribution < -0.4 is 21.4 Å². The van der Waals surface area contributed by atoms with Crippen molar-refractivity contribution in [2.75, 3.05) is 5.32 Å². The highest BCUT2D eigenvalue weighted by atomic mass is 79.9. The van der Waals surface area contributed by atoms with Gasteiger partial charge >= 0.3 is 5.63 Å². The van der Waals surface area contributed by atoms with E-state index in [0.717, 1.165) is 5.56 Å². The van der Waals surface area contributed by atoms with Crippen LogP contribution in [0.15, 0.2) is 43.3 Å². The fourth-order valence-corrected chi connectivity index (χ4v) is 4.22. The lowest BCUT2D eigenvalue weighted by Gasteiger charge is -2.33. The molecule has 130 valence electrons. The van der Waals surface area contributed by atoms with E-state index in [1.807, 2.05) is 19.1 Å². The van der Waals surface area contributed by atoms with Crippen LogP contribution in [0.3, 0.4) is 0 Å². The Morgan fingerprint density at radius 3 is 2.69 bits per heavy atom. The Balaban J connectivity index is 2.26. The maximum absolute atomic E-state index is 13.2. The summed E-state index contributed by atoms with van der Waals surface area (Å²) in [7, 11) is 0. The first kappa shape index (κ1) is 16.4. The van der Waals surface area contributed by atoms with Gasteiger partial charge in [-0.05, 0) is 25.5 Å². The molecular weight excluding hydrogens is 402 g/mol. The number of fused-ring (bicyclic) bond motifs is 4. The molecule has 3 N–H and O–H groups in total. The monoisotopic (exact) mass is 413 g/mol. The quantitative estimate of drug-likeness (QED) is 0.683. The van der Waals surface area contributed by atoms with Gasteiger partial charge < -0.3 is 20.2 Å². The Morgan fingerprint density at radius 2 is 2.00 bits per heavy atom. The second-order valence-electron chi connectivity index (χ2n) is 6.16. The summed E-state index contributed by atoms with van der Waals surface area (Å²) < 4.78 is 11.3. The minimum absolute atomic E-state index is 0.0589. The number of hydrogen-bond donors (Lipinski definition) is 2. The van der Waals surface area contributed by atoms with Crippen molar-refractivity contribution in [3.8, 4) is 11.8 Å². The van der Waals surface area contributed by atoms with Gasteiger partial charge in [-0.1, -0.05) is 22.0 Å².